The zero-order chi connectivity index (χ0) is 15.7. The van der Waals surface area contributed by atoms with E-state index in [0.717, 1.165) is 27.8 Å². The molecular formula is C17H17N3O2. The zero-order valence-corrected chi connectivity index (χ0v) is 12.2. The highest BCUT2D eigenvalue weighted by Crippen LogP contribution is 2.26. The van der Waals surface area contributed by atoms with Crippen LogP contribution in [0.1, 0.15) is 11.1 Å². The molecule has 3 rings (SSSR count). The molecule has 0 saturated heterocycles. The summed E-state index contributed by atoms with van der Waals surface area (Å²) in [4.78, 5) is 15.5. The van der Waals surface area contributed by atoms with Gasteiger partial charge in [0.2, 0.25) is 0 Å². The van der Waals surface area contributed by atoms with Crippen LogP contribution < -0.4 is 5.73 Å². The summed E-state index contributed by atoms with van der Waals surface area (Å²) in [7, 11) is 0. The molecule has 2 heterocycles. The minimum atomic E-state index is -0.998. The number of carboxylic acids is 1. The average Bonchev–Trinajstić information content (AvgIpc) is 2.88. The predicted molar refractivity (Wildman–Crippen MR) is 85.1 cm³/mol. The number of nitrogens with zero attached hydrogens (tertiary/aromatic N) is 2. The summed E-state index contributed by atoms with van der Waals surface area (Å²) in [6.07, 6.45) is 3.97. The van der Waals surface area contributed by atoms with Crippen molar-refractivity contribution in [3.05, 3.63) is 59.9 Å². The average molecular weight is 295 g/mol. The van der Waals surface area contributed by atoms with Gasteiger partial charge in [0.15, 0.2) is 0 Å². The lowest BCUT2D eigenvalue weighted by molar-refractivity contribution is -0.138. The van der Waals surface area contributed by atoms with Crippen LogP contribution in [0.25, 0.3) is 16.7 Å². The normalized spacial score (nSPS) is 12.5. The van der Waals surface area contributed by atoms with Gasteiger partial charge in [0.25, 0.3) is 0 Å². The van der Waals surface area contributed by atoms with Gasteiger partial charge >= 0.3 is 5.97 Å². The van der Waals surface area contributed by atoms with Crippen molar-refractivity contribution >= 4 is 17.0 Å². The van der Waals surface area contributed by atoms with Crippen molar-refractivity contribution in [2.24, 2.45) is 5.73 Å². The second-order valence-corrected chi connectivity index (χ2v) is 5.34. The maximum Gasteiger partial charge on any atom is 0.320 e. The lowest BCUT2D eigenvalue weighted by Crippen LogP contribution is -2.32. The molecule has 0 spiro atoms. The number of nitrogens with two attached hydrogens (primary N) is 1. The fourth-order valence-corrected chi connectivity index (χ4v) is 2.67. The van der Waals surface area contributed by atoms with Gasteiger partial charge in [0.05, 0.1) is 0 Å². The Morgan fingerprint density at radius 1 is 1.32 bits per heavy atom. The van der Waals surface area contributed by atoms with Gasteiger partial charge < -0.3 is 15.4 Å². The molecule has 22 heavy (non-hydrogen) atoms. The van der Waals surface area contributed by atoms with Crippen LogP contribution in [-0.2, 0) is 11.2 Å². The van der Waals surface area contributed by atoms with E-state index in [4.69, 9.17) is 10.8 Å². The number of aromatic nitrogens is 2. The lowest BCUT2D eigenvalue weighted by Gasteiger charge is -2.05. The highest BCUT2D eigenvalue weighted by atomic mass is 16.4. The van der Waals surface area contributed by atoms with Gasteiger partial charge in [-0.1, -0.05) is 18.2 Å². The first-order valence-electron chi connectivity index (χ1n) is 7.07. The van der Waals surface area contributed by atoms with Crippen molar-refractivity contribution in [2.75, 3.05) is 0 Å². The minimum Gasteiger partial charge on any atom is -0.480 e. The van der Waals surface area contributed by atoms with Gasteiger partial charge in [-0.2, -0.15) is 0 Å². The topological polar surface area (TPSA) is 81.1 Å². The fraction of sp³-hybridized carbons (Fsp3) is 0.176. The number of para-hydroxylation sites is 1. The molecule has 1 aromatic carbocycles. The van der Waals surface area contributed by atoms with Crippen LogP contribution >= 0.6 is 0 Å². The van der Waals surface area contributed by atoms with Crippen LogP contribution in [0.5, 0.6) is 0 Å². The first kappa shape index (κ1) is 14.3. The summed E-state index contributed by atoms with van der Waals surface area (Å²) in [5.74, 6) is -0.998. The Kier molecular flexibility index (Phi) is 3.65. The molecule has 5 nitrogen and oxygen atoms in total. The molecule has 5 heteroatoms. The largest absolute Gasteiger partial charge is 0.480 e. The Hall–Kier alpha value is -2.66. The molecule has 3 aromatic rings. The van der Waals surface area contributed by atoms with E-state index >= 15 is 0 Å². The number of aliphatic carboxylic acids is 1. The van der Waals surface area contributed by atoms with E-state index < -0.39 is 12.0 Å². The SMILES string of the molecule is Cc1ccnc2c1c(C[C@H](N)C(=O)O)cn2-c1ccccc1. The molecule has 0 aliphatic carbocycles. The molecule has 0 aliphatic rings. The van der Waals surface area contributed by atoms with Gasteiger partial charge in [-0.3, -0.25) is 4.79 Å². The fourth-order valence-electron chi connectivity index (χ4n) is 2.67. The Labute approximate surface area is 128 Å². The van der Waals surface area contributed by atoms with Crippen LogP contribution in [0.2, 0.25) is 0 Å². The van der Waals surface area contributed by atoms with Crippen molar-refractivity contribution in [2.45, 2.75) is 19.4 Å². The van der Waals surface area contributed by atoms with E-state index in [1.807, 2.05) is 54.1 Å². The number of aryl methyl sites for hydroxylation is 1. The highest BCUT2D eigenvalue weighted by Gasteiger charge is 2.18. The monoisotopic (exact) mass is 295 g/mol. The van der Waals surface area contributed by atoms with Crippen LogP contribution in [0, 0.1) is 6.92 Å². The molecular weight excluding hydrogens is 278 g/mol. The summed E-state index contributed by atoms with van der Waals surface area (Å²) in [5, 5.41) is 10.0. The van der Waals surface area contributed by atoms with Gasteiger partial charge in [-0.05, 0) is 36.2 Å². The molecule has 0 radical (unpaired) electrons. The summed E-state index contributed by atoms with van der Waals surface area (Å²) < 4.78 is 1.98. The number of carbonyl (C=O) groups is 1. The third-order valence-electron chi connectivity index (χ3n) is 3.76. The van der Waals surface area contributed by atoms with E-state index in [9.17, 15) is 4.79 Å². The molecule has 3 N–H and O–H groups in total. The number of rotatable bonds is 4. The molecule has 0 unspecified atom stereocenters. The number of pyridine rings is 1. The maximum absolute atomic E-state index is 11.1. The van der Waals surface area contributed by atoms with Crippen LogP contribution in [-0.4, -0.2) is 26.7 Å². The summed E-state index contributed by atoms with van der Waals surface area (Å²) >= 11 is 0. The summed E-state index contributed by atoms with van der Waals surface area (Å²) in [6, 6.07) is 10.9. The van der Waals surface area contributed by atoms with E-state index in [2.05, 4.69) is 4.98 Å². The van der Waals surface area contributed by atoms with Crippen molar-refractivity contribution < 1.29 is 9.90 Å². The molecule has 0 bridgehead atoms. The Morgan fingerprint density at radius 2 is 2.05 bits per heavy atom. The predicted octanol–water partition coefficient (Wildman–Crippen LogP) is 2.29. The molecule has 2 aromatic heterocycles. The molecule has 0 amide bonds. The zero-order valence-electron chi connectivity index (χ0n) is 12.2. The van der Waals surface area contributed by atoms with Crippen LogP contribution in [0.15, 0.2) is 48.8 Å². The number of hydrogen-bond donors (Lipinski definition) is 2. The van der Waals surface area contributed by atoms with Crippen LogP contribution in [0.3, 0.4) is 0 Å². The third-order valence-corrected chi connectivity index (χ3v) is 3.76. The molecule has 0 aliphatic heterocycles. The number of fused-ring (bicyclic) bond motifs is 1. The quantitative estimate of drug-likeness (QED) is 0.773. The molecule has 0 fully saturated rings. The van der Waals surface area contributed by atoms with Crippen molar-refractivity contribution in [1.82, 2.24) is 9.55 Å². The Bertz CT molecular complexity index is 825. The second kappa shape index (κ2) is 5.61. The van der Waals surface area contributed by atoms with E-state index in [0.29, 0.717) is 0 Å². The highest BCUT2D eigenvalue weighted by molar-refractivity contribution is 5.86. The van der Waals surface area contributed by atoms with E-state index in [-0.39, 0.29) is 6.42 Å². The maximum atomic E-state index is 11.1. The first-order chi connectivity index (χ1) is 10.6. The van der Waals surface area contributed by atoms with Gasteiger partial charge in [0, 0.05) is 29.9 Å². The number of hydrogen-bond acceptors (Lipinski definition) is 3. The van der Waals surface area contributed by atoms with Gasteiger partial charge in [-0.25, -0.2) is 4.98 Å². The molecule has 1 atom stereocenters. The smallest absolute Gasteiger partial charge is 0.320 e. The van der Waals surface area contributed by atoms with E-state index in [1.165, 1.54) is 0 Å². The Balaban J connectivity index is 2.19. The molecule has 112 valence electrons. The van der Waals surface area contributed by atoms with E-state index in [1.54, 1.807) is 6.20 Å². The standard InChI is InChI=1S/C17H17N3O2/c1-11-7-8-19-16-15(11)12(9-14(18)17(21)22)10-20(16)13-5-3-2-4-6-13/h2-8,10,14H,9,18H2,1H3,(H,21,22)/t14-/m0/s1. The van der Waals surface area contributed by atoms with Gasteiger partial charge in [0.1, 0.15) is 11.7 Å². The lowest BCUT2D eigenvalue weighted by atomic mass is 10.0. The number of benzene rings is 1. The molecule has 0 saturated carbocycles. The first-order valence-corrected chi connectivity index (χ1v) is 7.07. The van der Waals surface area contributed by atoms with Crippen molar-refractivity contribution in [3.63, 3.8) is 0 Å². The van der Waals surface area contributed by atoms with Crippen molar-refractivity contribution in [3.8, 4) is 5.69 Å². The third kappa shape index (κ3) is 2.46. The van der Waals surface area contributed by atoms with Crippen molar-refractivity contribution in [1.29, 1.82) is 0 Å². The van der Waals surface area contributed by atoms with Crippen LogP contribution in [0.4, 0.5) is 0 Å². The summed E-state index contributed by atoms with van der Waals surface area (Å²) in [6.45, 7) is 2.00. The van der Waals surface area contributed by atoms with Gasteiger partial charge in [-0.15, -0.1) is 0 Å². The Morgan fingerprint density at radius 3 is 2.73 bits per heavy atom. The number of carboxylic acid groups (broad SMARTS) is 1. The minimum absolute atomic E-state index is 0.276. The summed E-state index contributed by atoms with van der Waals surface area (Å²) in [5.41, 5.74) is 9.48. The second-order valence-electron chi connectivity index (χ2n) is 5.34.